The van der Waals surface area contributed by atoms with Gasteiger partial charge < -0.3 is 9.47 Å². The Kier molecular flexibility index (Phi) is 7.55. The van der Waals surface area contributed by atoms with Crippen LogP contribution in [0.3, 0.4) is 0 Å². The van der Waals surface area contributed by atoms with Crippen molar-refractivity contribution in [3.8, 4) is 39.1 Å². The molecule has 0 saturated heterocycles. The lowest BCUT2D eigenvalue weighted by Gasteiger charge is -2.28. The van der Waals surface area contributed by atoms with Crippen molar-refractivity contribution in [3.05, 3.63) is 217 Å². The SMILES string of the molecule is CC1(C)c2ccccc2-c2ccc3c4c5ccccc5c(N(c5ccc(-c6ccccc6)cc5)c5ccc(-c6ccccc6)cc5)cc4n(-c4ccccc4)c3c21. The standard InChI is InChI=1S/C55H40N2/c1-55(2)49-25-15-14-22-44(49)47-34-35-48-52-46-24-13-12-23-45(46)50(36-51(52)57(54(48)53(47)55)41-20-10-5-11-21-41)56(42-30-26-39(27-31-42)37-16-6-3-7-17-37)43-32-28-40(29-33-43)38-18-8-4-9-19-38/h3-36H,1-2H3. The molecule has 0 aliphatic heterocycles. The Hall–Kier alpha value is -7.16. The van der Waals surface area contributed by atoms with Crippen molar-refractivity contribution in [1.82, 2.24) is 4.57 Å². The van der Waals surface area contributed by atoms with Gasteiger partial charge in [-0.3, -0.25) is 0 Å². The van der Waals surface area contributed by atoms with Crippen LogP contribution in [0.5, 0.6) is 0 Å². The Morgan fingerprint density at radius 3 is 1.54 bits per heavy atom. The molecule has 0 unspecified atom stereocenters. The third-order valence-corrected chi connectivity index (χ3v) is 12.1. The van der Waals surface area contributed by atoms with Crippen molar-refractivity contribution in [2.75, 3.05) is 4.90 Å². The molecule has 2 heteroatoms. The van der Waals surface area contributed by atoms with Crippen LogP contribution in [-0.4, -0.2) is 4.57 Å². The summed E-state index contributed by atoms with van der Waals surface area (Å²) in [5.41, 5.74) is 17.0. The molecular weight excluding hydrogens is 689 g/mol. The van der Waals surface area contributed by atoms with E-state index < -0.39 is 0 Å². The molecule has 9 aromatic carbocycles. The van der Waals surface area contributed by atoms with Gasteiger partial charge in [-0.2, -0.15) is 0 Å². The fourth-order valence-electron chi connectivity index (χ4n) is 9.53. The number of hydrogen-bond donors (Lipinski definition) is 0. The average molecular weight is 729 g/mol. The molecule has 10 aromatic rings. The van der Waals surface area contributed by atoms with Gasteiger partial charge in [-0.05, 0) is 92.4 Å². The van der Waals surface area contributed by atoms with E-state index in [0.717, 1.165) is 22.7 Å². The van der Waals surface area contributed by atoms with Crippen LogP contribution in [0, 0.1) is 0 Å². The van der Waals surface area contributed by atoms with Crippen molar-refractivity contribution in [2.24, 2.45) is 0 Å². The van der Waals surface area contributed by atoms with Gasteiger partial charge in [-0.15, -0.1) is 0 Å². The Bertz CT molecular complexity index is 3020. The van der Waals surface area contributed by atoms with E-state index in [2.05, 4.69) is 230 Å². The van der Waals surface area contributed by atoms with Crippen molar-refractivity contribution in [2.45, 2.75) is 19.3 Å². The molecule has 0 amide bonds. The van der Waals surface area contributed by atoms with Crippen molar-refractivity contribution in [3.63, 3.8) is 0 Å². The van der Waals surface area contributed by atoms with Crippen LogP contribution in [0.25, 0.3) is 71.6 Å². The van der Waals surface area contributed by atoms with Gasteiger partial charge in [0.2, 0.25) is 0 Å². The summed E-state index contributed by atoms with van der Waals surface area (Å²) in [7, 11) is 0. The van der Waals surface area contributed by atoms with Crippen molar-refractivity contribution in [1.29, 1.82) is 0 Å². The molecule has 0 saturated carbocycles. The minimum absolute atomic E-state index is 0.183. The van der Waals surface area contributed by atoms with Crippen LogP contribution in [0.1, 0.15) is 25.0 Å². The Morgan fingerprint density at radius 2 is 0.930 bits per heavy atom. The lowest BCUT2D eigenvalue weighted by Crippen LogP contribution is -2.16. The van der Waals surface area contributed by atoms with E-state index in [1.165, 1.54) is 77.1 Å². The van der Waals surface area contributed by atoms with Crippen LogP contribution < -0.4 is 4.90 Å². The second kappa shape index (κ2) is 13.0. The number of benzene rings is 9. The van der Waals surface area contributed by atoms with Crippen molar-refractivity contribution >= 4 is 49.6 Å². The fraction of sp³-hybridized carbons (Fsp3) is 0.0545. The number of anilines is 3. The summed E-state index contributed by atoms with van der Waals surface area (Å²) in [5, 5.41) is 5.01. The molecule has 0 radical (unpaired) electrons. The molecule has 0 spiro atoms. The van der Waals surface area contributed by atoms with Crippen LogP contribution in [0.4, 0.5) is 17.1 Å². The number of rotatable bonds is 6. The van der Waals surface area contributed by atoms with Crippen LogP contribution >= 0.6 is 0 Å². The quantitative estimate of drug-likeness (QED) is 0.165. The molecule has 1 heterocycles. The zero-order valence-corrected chi connectivity index (χ0v) is 32.0. The highest BCUT2D eigenvalue weighted by atomic mass is 15.1. The van der Waals surface area contributed by atoms with E-state index in [-0.39, 0.29) is 5.41 Å². The van der Waals surface area contributed by atoms with Crippen LogP contribution in [0.15, 0.2) is 206 Å². The normalized spacial score (nSPS) is 12.9. The Morgan fingerprint density at radius 1 is 0.421 bits per heavy atom. The average Bonchev–Trinajstić information content (AvgIpc) is 3.73. The van der Waals surface area contributed by atoms with E-state index in [1.807, 2.05) is 0 Å². The second-order valence-electron chi connectivity index (χ2n) is 15.7. The van der Waals surface area contributed by atoms with E-state index in [0.29, 0.717) is 0 Å². The molecule has 0 fully saturated rings. The first kappa shape index (κ1) is 33.2. The molecule has 11 rings (SSSR count). The molecule has 1 aliphatic carbocycles. The van der Waals surface area contributed by atoms with Gasteiger partial charge in [0.1, 0.15) is 0 Å². The first-order chi connectivity index (χ1) is 28.1. The monoisotopic (exact) mass is 728 g/mol. The first-order valence-electron chi connectivity index (χ1n) is 19.9. The summed E-state index contributed by atoms with van der Waals surface area (Å²) in [6, 6.07) is 75.4. The molecule has 1 aromatic heterocycles. The van der Waals surface area contributed by atoms with Gasteiger partial charge in [0.25, 0.3) is 0 Å². The summed E-state index contributed by atoms with van der Waals surface area (Å²) in [5.74, 6) is 0. The molecule has 57 heavy (non-hydrogen) atoms. The smallest absolute Gasteiger partial charge is 0.0588 e. The maximum atomic E-state index is 2.54. The lowest BCUT2D eigenvalue weighted by atomic mass is 9.81. The first-order valence-corrected chi connectivity index (χ1v) is 19.9. The molecule has 0 N–H and O–H groups in total. The van der Waals surface area contributed by atoms with Gasteiger partial charge in [0.15, 0.2) is 0 Å². The summed E-state index contributed by atoms with van der Waals surface area (Å²) in [6.45, 7) is 4.79. The Labute approximate surface area is 333 Å². The van der Waals surface area contributed by atoms with E-state index >= 15 is 0 Å². The second-order valence-corrected chi connectivity index (χ2v) is 15.7. The summed E-state index contributed by atoms with van der Waals surface area (Å²) >= 11 is 0. The maximum absolute atomic E-state index is 2.54. The summed E-state index contributed by atoms with van der Waals surface area (Å²) in [6.07, 6.45) is 0. The molecule has 2 nitrogen and oxygen atoms in total. The summed E-state index contributed by atoms with van der Waals surface area (Å²) < 4.78 is 2.54. The number of nitrogens with zero attached hydrogens (tertiary/aromatic N) is 2. The van der Waals surface area contributed by atoms with Gasteiger partial charge >= 0.3 is 0 Å². The number of hydrogen-bond acceptors (Lipinski definition) is 1. The third kappa shape index (κ3) is 5.18. The lowest BCUT2D eigenvalue weighted by molar-refractivity contribution is 0.664. The summed E-state index contributed by atoms with van der Waals surface area (Å²) in [4.78, 5) is 2.45. The van der Waals surface area contributed by atoms with Crippen molar-refractivity contribution < 1.29 is 0 Å². The van der Waals surface area contributed by atoms with Gasteiger partial charge in [-0.25, -0.2) is 0 Å². The number of aromatic nitrogens is 1. The number of para-hydroxylation sites is 1. The molecule has 0 atom stereocenters. The minimum atomic E-state index is -0.183. The highest BCUT2D eigenvalue weighted by Crippen LogP contribution is 2.54. The third-order valence-electron chi connectivity index (χ3n) is 12.1. The van der Waals surface area contributed by atoms with E-state index in [9.17, 15) is 0 Å². The molecule has 270 valence electrons. The minimum Gasteiger partial charge on any atom is -0.310 e. The highest BCUT2D eigenvalue weighted by molar-refractivity contribution is 6.26. The topological polar surface area (TPSA) is 8.17 Å². The molecule has 0 bridgehead atoms. The maximum Gasteiger partial charge on any atom is 0.0588 e. The predicted molar refractivity (Wildman–Crippen MR) is 241 cm³/mol. The molecular formula is C55H40N2. The van der Waals surface area contributed by atoms with Gasteiger partial charge in [-0.1, -0.05) is 178 Å². The van der Waals surface area contributed by atoms with Gasteiger partial charge in [0.05, 0.1) is 16.7 Å². The van der Waals surface area contributed by atoms with E-state index in [1.54, 1.807) is 0 Å². The Balaban J connectivity index is 1.22. The number of fused-ring (bicyclic) bond motifs is 9. The zero-order chi connectivity index (χ0) is 38.1. The van der Waals surface area contributed by atoms with E-state index in [4.69, 9.17) is 0 Å². The predicted octanol–water partition coefficient (Wildman–Crippen LogP) is 15.0. The van der Waals surface area contributed by atoms with Gasteiger partial charge in [0, 0.05) is 38.6 Å². The largest absolute Gasteiger partial charge is 0.310 e. The fourth-order valence-corrected chi connectivity index (χ4v) is 9.53. The molecule has 1 aliphatic rings. The zero-order valence-electron chi connectivity index (χ0n) is 32.0. The van der Waals surface area contributed by atoms with Crippen LogP contribution in [0.2, 0.25) is 0 Å². The van der Waals surface area contributed by atoms with Crippen LogP contribution in [-0.2, 0) is 5.41 Å². The highest BCUT2D eigenvalue weighted by Gasteiger charge is 2.38.